The summed E-state index contributed by atoms with van der Waals surface area (Å²) in [5, 5.41) is 0.136. The Balaban J connectivity index is 2.41. The number of rotatable bonds is 5. The molecular formula is C11H14N2O2S2. The van der Waals surface area contributed by atoms with Crippen LogP contribution in [0, 0.1) is 0 Å². The number of carbonyl (C=O) groups excluding carboxylic acids is 2. The van der Waals surface area contributed by atoms with Crippen LogP contribution >= 0.6 is 23.1 Å². The van der Waals surface area contributed by atoms with Gasteiger partial charge in [0.05, 0.1) is 4.88 Å². The Kier molecular flexibility index (Phi) is 5.96. The second-order valence-corrected chi connectivity index (χ2v) is 5.59. The number of carbonyl (C=O) groups is 2. The average molecular weight is 270 g/mol. The number of nitrogens with two attached hydrogens (primary N) is 1. The van der Waals surface area contributed by atoms with Crippen molar-refractivity contribution in [3.63, 3.8) is 0 Å². The fraction of sp³-hybridized carbons (Fsp3) is 0.273. The number of thioether (sulfide) groups is 1. The van der Waals surface area contributed by atoms with Gasteiger partial charge in [0.1, 0.15) is 0 Å². The minimum Gasteiger partial charge on any atom is -0.289 e. The molecule has 6 heteroatoms. The largest absolute Gasteiger partial charge is 0.289 e. The zero-order valence-corrected chi connectivity index (χ0v) is 11.1. The van der Waals surface area contributed by atoms with Gasteiger partial charge in [0, 0.05) is 17.6 Å². The van der Waals surface area contributed by atoms with Crippen LogP contribution in [0.5, 0.6) is 0 Å². The van der Waals surface area contributed by atoms with E-state index in [1.54, 1.807) is 13.0 Å². The molecule has 0 saturated heterocycles. The van der Waals surface area contributed by atoms with Crippen molar-refractivity contribution in [1.29, 1.82) is 0 Å². The number of nitrogen functional groups attached to an aromatic ring is 1. The van der Waals surface area contributed by atoms with Crippen molar-refractivity contribution in [1.82, 2.24) is 5.43 Å². The molecule has 4 nitrogen and oxygen atoms in total. The Hall–Kier alpha value is -1.11. The van der Waals surface area contributed by atoms with Crippen LogP contribution in [0.4, 0.5) is 0 Å². The molecule has 3 N–H and O–H groups in total. The molecule has 0 unspecified atom stereocenters. The third-order valence-corrected chi connectivity index (χ3v) is 3.75. The Morgan fingerprint density at radius 1 is 1.53 bits per heavy atom. The highest BCUT2D eigenvalue weighted by Gasteiger charge is 2.05. The third-order valence-electron chi connectivity index (χ3n) is 1.85. The number of allylic oxidation sites excluding steroid dienone is 1. The first-order valence-electron chi connectivity index (χ1n) is 5.04. The fourth-order valence-corrected chi connectivity index (χ4v) is 2.49. The van der Waals surface area contributed by atoms with Crippen LogP contribution in [0.15, 0.2) is 18.2 Å². The molecule has 0 radical (unpaired) electrons. The van der Waals surface area contributed by atoms with Gasteiger partial charge in [-0.2, -0.15) is 0 Å². The van der Waals surface area contributed by atoms with Gasteiger partial charge in [-0.25, -0.2) is 5.84 Å². The van der Waals surface area contributed by atoms with Gasteiger partial charge in [-0.05, 0) is 24.6 Å². The number of amides is 1. The lowest BCUT2D eigenvalue weighted by molar-refractivity contribution is -0.109. The lowest BCUT2D eigenvalue weighted by Crippen LogP contribution is -2.29. The van der Waals surface area contributed by atoms with Crippen molar-refractivity contribution in [2.24, 2.45) is 5.84 Å². The summed E-state index contributed by atoms with van der Waals surface area (Å²) in [6, 6.07) is 3.60. The second-order valence-electron chi connectivity index (χ2n) is 3.21. The highest BCUT2D eigenvalue weighted by Crippen LogP contribution is 2.18. The monoisotopic (exact) mass is 270 g/mol. The van der Waals surface area contributed by atoms with Crippen LogP contribution in [0.25, 0.3) is 6.08 Å². The molecule has 1 amide bonds. The Labute approximate surface area is 108 Å². The van der Waals surface area contributed by atoms with E-state index in [1.165, 1.54) is 23.1 Å². The van der Waals surface area contributed by atoms with Crippen LogP contribution < -0.4 is 11.3 Å². The van der Waals surface area contributed by atoms with Gasteiger partial charge in [-0.1, -0.05) is 17.8 Å². The molecule has 0 saturated carbocycles. The van der Waals surface area contributed by atoms with Gasteiger partial charge in [0.25, 0.3) is 5.91 Å². The minimum absolute atomic E-state index is 0.136. The summed E-state index contributed by atoms with van der Waals surface area (Å²) >= 11 is 2.69. The molecule has 0 aliphatic carbocycles. The highest BCUT2D eigenvalue weighted by molar-refractivity contribution is 8.13. The lowest BCUT2D eigenvalue weighted by atomic mass is 10.3. The summed E-state index contributed by atoms with van der Waals surface area (Å²) in [5.74, 6) is 5.54. The summed E-state index contributed by atoms with van der Waals surface area (Å²) in [6.07, 6.45) is 4.77. The first kappa shape index (κ1) is 14.0. The molecule has 0 aliphatic rings. The molecule has 0 aromatic carbocycles. The molecule has 1 aromatic heterocycles. The van der Waals surface area contributed by atoms with Crippen LogP contribution in [0.3, 0.4) is 0 Å². The third kappa shape index (κ3) is 5.16. The van der Waals surface area contributed by atoms with E-state index in [4.69, 9.17) is 5.84 Å². The molecule has 92 valence electrons. The molecule has 1 rings (SSSR count). The molecule has 1 heterocycles. The van der Waals surface area contributed by atoms with Crippen LogP contribution in [0.1, 0.15) is 27.9 Å². The van der Waals surface area contributed by atoms with Gasteiger partial charge < -0.3 is 0 Å². The maximum Gasteiger partial charge on any atom is 0.275 e. The quantitative estimate of drug-likeness (QED) is 0.372. The summed E-state index contributed by atoms with van der Waals surface area (Å²) < 4.78 is 0. The lowest BCUT2D eigenvalue weighted by Gasteiger charge is -1.92. The molecule has 0 fully saturated rings. The summed E-state index contributed by atoms with van der Waals surface area (Å²) in [7, 11) is 0. The minimum atomic E-state index is -0.276. The fourth-order valence-electron chi connectivity index (χ4n) is 1.11. The first-order valence-corrected chi connectivity index (χ1v) is 6.84. The van der Waals surface area contributed by atoms with E-state index in [9.17, 15) is 9.59 Å². The van der Waals surface area contributed by atoms with E-state index in [2.05, 4.69) is 5.43 Å². The highest BCUT2D eigenvalue weighted by atomic mass is 32.2. The van der Waals surface area contributed by atoms with Gasteiger partial charge in [-0.3, -0.25) is 15.0 Å². The molecule has 17 heavy (non-hydrogen) atoms. The SMILES string of the molecule is CC(=O)SCCC=Cc1ccc(C(=O)NN)s1. The van der Waals surface area contributed by atoms with E-state index in [0.29, 0.717) is 4.88 Å². The van der Waals surface area contributed by atoms with E-state index in [1.807, 2.05) is 18.2 Å². The van der Waals surface area contributed by atoms with Crippen molar-refractivity contribution in [3.8, 4) is 0 Å². The van der Waals surface area contributed by atoms with Crippen molar-refractivity contribution in [2.45, 2.75) is 13.3 Å². The number of hydrogen-bond acceptors (Lipinski definition) is 5. The van der Waals surface area contributed by atoms with E-state index < -0.39 is 0 Å². The summed E-state index contributed by atoms with van der Waals surface area (Å²) in [4.78, 5) is 23.4. The zero-order chi connectivity index (χ0) is 12.7. The van der Waals surface area contributed by atoms with Crippen molar-refractivity contribution >= 4 is 40.2 Å². The maximum atomic E-state index is 11.2. The number of hydrogen-bond donors (Lipinski definition) is 2. The average Bonchev–Trinajstić information content (AvgIpc) is 2.76. The number of hydrazine groups is 1. The predicted molar refractivity (Wildman–Crippen MR) is 72.8 cm³/mol. The Bertz CT molecular complexity index is 427. The van der Waals surface area contributed by atoms with Crippen molar-refractivity contribution in [2.75, 3.05) is 5.75 Å². The van der Waals surface area contributed by atoms with E-state index in [0.717, 1.165) is 17.1 Å². The number of nitrogens with one attached hydrogen (secondary N) is 1. The van der Waals surface area contributed by atoms with Crippen LogP contribution in [-0.4, -0.2) is 16.8 Å². The molecule has 0 atom stereocenters. The Morgan fingerprint density at radius 3 is 2.94 bits per heavy atom. The van der Waals surface area contributed by atoms with Gasteiger partial charge in [0.15, 0.2) is 5.12 Å². The molecular weight excluding hydrogens is 256 g/mol. The van der Waals surface area contributed by atoms with E-state index in [-0.39, 0.29) is 11.0 Å². The first-order chi connectivity index (χ1) is 8.13. The van der Waals surface area contributed by atoms with Gasteiger partial charge in [-0.15, -0.1) is 11.3 Å². The van der Waals surface area contributed by atoms with Crippen molar-refractivity contribution < 1.29 is 9.59 Å². The molecule has 1 aromatic rings. The summed E-state index contributed by atoms with van der Waals surface area (Å²) in [6.45, 7) is 1.56. The topological polar surface area (TPSA) is 72.2 Å². The van der Waals surface area contributed by atoms with Gasteiger partial charge in [0.2, 0.25) is 0 Å². The Morgan fingerprint density at radius 2 is 2.29 bits per heavy atom. The summed E-state index contributed by atoms with van der Waals surface area (Å²) in [5.41, 5.74) is 2.09. The molecule has 0 spiro atoms. The predicted octanol–water partition coefficient (Wildman–Crippen LogP) is 2.03. The second kappa shape index (κ2) is 7.26. The van der Waals surface area contributed by atoms with Crippen molar-refractivity contribution in [3.05, 3.63) is 28.0 Å². The standard InChI is InChI=1S/C11H14N2O2S2/c1-8(14)16-7-3-2-4-9-5-6-10(17-9)11(15)13-12/h2,4-6H,3,7,12H2,1H3,(H,13,15). The normalized spacial score (nSPS) is 10.7. The van der Waals surface area contributed by atoms with Gasteiger partial charge >= 0.3 is 0 Å². The van der Waals surface area contributed by atoms with Crippen LogP contribution in [-0.2, 0) is 4.79 Å². The molecule has 0 bridgehead atoms. The van der Waals surface area contributed by atoms with Crippen LogP contribution in [0.2, 0.25) is 0 Å². The zero-order valence-electron chi connectivity index (χ0n) is 9.43. The molecule has 0 aliphatic heterocycles. The van der Waals surface area contributed by atoms with E-state index >= 15 is 0 Å². The maximum absolute atomic E-state index is 11.2. The number of thiophene rings is 1. The smallest absolute Gasteiger partial charge is 0.275 e.